The predicted molar refractivity (Wildman–Crippen MR) is 93.5 cm³/mol. The van der Waals surface area contributed by atoms with E-state index in [-0.39, 0.29) is 23.1 Å². The molecular formula is C18H15FN2O4S. The lowest BCUT2D eigenvalue weighted by Gasteiger charge is -2.08. The number of furan rings is 1. The average molecular weight is 374 g/mol. The summed E-state index contributed by atoms with van der Waals surface area (Å²) in [5, 5.41) is 2.66. The number of sulfonamides is 1. The van der Waals surface area contributed by atoms with E-state index in [1.165, 1.54) is 24.5 Å². The summed E-state index contributed by atoms with van der Waals surface area (Å²) in [6.45, 7) is 0.0330. The van der Waals surface area contributed by atoms with Crippen molar-refractivity contribution in [2.75, 3.05) is 5.32 Å². The van der Waals surface area contributed by atoms with Crippen molar-refractivity contribution in [3.05, 3.63) is 84.1 Å². The number of benzene rings is 2. The molecule has 3 rings (SSSR count). The van der Waals surface area contributed by atoms with Crippen LogP contribution in [0.5, 0.6) is 0 Å². The number of hydrogen-bond acceptors (Lipinski definition) is 4. The van der Waals surface area contributed by atoms with Gasteiger partial charge in [-0.1, -0.05) is 18.2 Å². The molecule has 1 aromatic heterocycles. The Morgan fingerprint density at radius 3 is 2.46 bits per heavy atom. The summed E-state index contributed by atoms with van der Waals surface area (Å²) in [6.07, 6.45) is 1.41. The third kappa shape index (κ3) is 4.35. The molecule has 134 valence electrons. The van der Waals surface area contributed by atoms with Crippen molar-refractivity contribution in [1.82, 2.24) is 4.72 Å². The third-order valence-corrected chi connectivity index (χ3v) is 4.93. The molecule has 0 fully saturated rings. The van der Waals surface area contributed by atoms with Crippen LogP contribution in [0.3, 0.4) is 0 Å². The summed E-state index contributed by atoms with van der Waals surface area (Å²) in [4.78, 5) is 11.7. The van der Waals surface area contributed by atoms with Crippen LogP contribution in [-0.2, 0) is 16.6 Å². The normalized spacial score (nSPS) is 11.3. The first-order valence-electron chi connectivity index (χ1n) is 7.63. The highest BCUT2D eigenvalue weighted by Crippen LogP contribution is 2.14. The topological polar surface area (TPSA) is 88.4 Å². The Labute approximate surface area is 149 Å². The second kappa shape index (κ2) is 7.51. The minimum Gasteiger partial charge on any atom is -0.459 e. The minimum atomic E-state index is -3.81. The van der Waals surface area contributed by atoms with Crippen LogP contribution in [0.4, 0.5) is 10.1 Å². The number of hydrogen-bond donors (Lipinski definition) is 2. The van der Waals surface area contributed by atoms with Crippen molar-refractivity contribution >= 4 is 21.6 Å². The number of carbonyl (C=O) groups excluding carboxylic acids is 1. The third-order valence-electron chi connectivity index (χ3n) is 3.53. The summed E-state index contributed by atoms with van der Waals surface area (Å²) >= 11 is 0. The van der Waals surface area contributed by atoms with E-state index in [9.17, 15) is 17.6 Å². The summed E-state index contributed by atoms with van der Waals surface area (Å²) in [6, 6.07) is 14.6. The standard InChI is InChI=1S/C18H15FN2O4S/c19-14-3-1-4-16(11-14)26(23,24)20-12-13-6-8-15(9-7-13)21-18(22)17-5-2-10-25-17/h1-11,20H,12H2,(H,21,22). The zero-order valence-electron chi connectivity index (χ0n) is 13.5. The van der Waals surface area contributed by atoms with Gasteiger partial charge >= 0.3 is 0 Å². The van der Waals surface area contributed by atoms with Crippen LogP contribution < -0.4 is 10.0 Å². The molecule has 0 radical (unpaired) electrons. The van der Waals surface area contributed by atoms with Crippen LogP contribution in [0.1, 0.15) is 16.1 Å². The Hall–Kier alpha value is -2.97. The number of carbonyl (C=O) groups is 1. The molecule has 0 unspecified atom stereocenters. The van der Waals surface area contributed by atoms with E-state index in [1.54, 1.807) is 36.4 Å². The number of amides is 1. The molecule has 0 atom stereocenters. The van der Waals surface area contributed by atoms with Crippen LogP contribution in [0.2, 0.25) is 0 Å². The van der Waals surface area contributed by atoms with Gasteiger partial charge in [-0.2, -0.15) is 0 Å². The summed E-state index contributed by atoms with van der Waals surface area (Å²) < 4.78 is 44.9. The van der Waals surface area contributed by atoms with E-state index in [0.717, 1.165) is 6.07 Å². The van der Waals surface area contributed by atoms with Gasteiger partial charge in [0.2, 0.25) is 10.0 Å². The minimum absolute atomic E-state index is 0.0330. The van der Waals surface area contributed by atoms with Gasteiger partial charge in [-0.15, -0.1) is 0 Å². The van der Waals surface area contributed by atoms with Crippen molar-refractivity contribution in [2.24, 2.45) is 0 Å². The van der Waals surface area contributed by atoms with Crippen molar-refractivity contribution in [3.63, 3.8) is 0 Å². The first-order valence-corrected chi connectivity index (χ1v) is 9.11. The first-order chi connectivity index (χ1) is 12.4. The lowest BCUT2D eigenvalue weighted by Crippen LogP contribution is -2.23. The molecule has 2 aromatic carbocycles. The first kappa shape index (κ1) is 17.8. The van der Waals surface area contributed by atoms with Crippen LogP contribution in [-0.4, -0.2) is 14.3 Å². The van der Waals surface area contributed by atoms with Gasteiger partial charge in [0.1, 0.15) is 5.82 Å². The Balaban J connectivity index is 1.62. The van der Waals surface area contributed by atoms with Gasteiger partial charge in [0.05, 0.1) is 11.2 Å². The van der Waals surface area contributed by atoms with Crippen molar-refractivity contribution in [3.8, 4) is 0 Å². The maximum absolute atomic E-state index is 13.2. The SMILES string of the molecule is O=C(Nc1ccc(CNS(=O)(=O)c2cccc(F)c2)cc1)c1ccco1. The van der Waals surface area contributed by atoms with Gasteiger partial charge in [0.15, 0.2) is 5.76 Å². The van der Waals surface area contributed by atoms with E-state index >= 15 is 0 Å². The molecular weight excluding hydrogens is 359 g/mol. The molecule has 6 nitrogen and oxygen atoms in total. The van der Waals surface area contributed by atoms with Crippen LogP contribution in [0, 0.1) is 5.82 Å². The second-order valence-electron chi connectivity index (χ2n) is 5.41. The van der Waals surface area contributed by atoms with Crippen molar-refractivity contribution in [2.45, 2.75) is 11.4 Å². The number of anilines is 1. The molecule has 8 heteroatoms. The number of nitrogens with one attached hydrogen (secondary N) is 2. The highest BCUT2D eigenvalue weighted by Gasteiger charge is 2.14. The molecule has 0 spiro atoms. The molecule has 0 aliphatic carbocycles. The van der Waals surface area contributed by atoms with Crippen LogP contribution in [0.25, 0.3) is 0 Å². The van der Waals surface area contributed by atoms with Crippen molar-refractivity contribution < 1.29 is 22.0 Å². The summed E-state index contributed by atoms with van der Waals surface area (Å²) in [7, 11) is -3.81. The van der Waals surface area contributed by atoms with Gasteiger partial charge in [-0.05, 0) is 48.0 Å². The highest BCUT2D eigenvalue weighted by atomic mass is 32.2. The molecule has 1 amide bonds. The molecule has 3 aromatic rings. The maximum atomic E-state index is 13.2. The fourth-order valence-corrected chi connectivity index (χ4v) is 3.25. The van der Waals surface area contributed by atoms with Gasteiger partial charge in [-0.25, -0.2) is 17.5 Å². The Morgan fingerprint density at radius 1 is 1.04 bits per heavy atom. The largest absolute Gasteiger partial charge is 0.459 e. The molecule has 1 heterocycles. The Morgan fingerprint density at radius 2 is 1.81 bits per heavy atom. The van der Waals surface area contributed by atoms with E-state index in [1.807, 2.05) is 0 Å². The molecule has 2 N–H and O–H groups in total. The van der Waals surface area contributed by atoms with E-state index in [0.29, 0.717) is 11.3 Å². The molecule has 0 aliphatic heterocycles. The number of rotatable bonds is 6. The smallest absolute Gasteiger partial charge is 0.291 e. The second-order valence-corrected chi connectivity index (χ2v) is 7.18. The van der Waals surface area contributed by atoms with Crippen LogP contribution >= 0.6 is 0 Å². The highest BCUT2D eigenvalue weighted by molar-refractivity contribution is 7.89. The summed E-state index contributed by atoms with van der Waals surface area (Å²) in [5.74, 6) is -0.809. The monoisotopic (exact) mass is 374 g/mol. The van der Waals surface area contributed by atoms with Gasteiger partial charge < -0.3 is 9.73 Å². The van der Waals surface area contributed by atoms with Crippen LogP contribution in [0.15, 0.2) is 76.2 Å². The Kier molecular flexibility index (Phi) is 5.15. The predicted octanol–water partition coefficient (Wildman–Crippen LogP) is 3.15. The average Bonchev–Trinajstić information content (AvgIpc) is 3.16. The van der Waals surface area contributed by atoms with E-state index < -0.39 is 15.8 Å². The fraction of sp³-hybridized carbons (Fsp3) is 0.0556. The van der Waals surface area contributed by atoms with Gasteiger partial charge in [0, 0.05) is 12.2 Å². The maximum Gasteiger partial charge on any atom is 0.291 e. The van der Waals surface area contributed by atoms with Gasteiger partial charge in [0.25, 0.3) is 5.91 Å². The van der Waals surface area contributed by atoms with Gasteiger partial charge in [-0.3, -0.25) is 4.79 Å². The molecule has 0 bridgehead atoms. The lowest BCUT2D eigenvalue weighted by molar-refractivity contribution is 0.0996. The van der Waals surface area contributed by atoms with E-state index in [2.05, 4.69) is 10.0 Å². The quantitative estimate of drug-likeness (QED) is 0.694. The lowest BCUT2D eigenvalue weighted by atomic mass is 10.2. The zero-order valence-corrected chi connectivity index (χ0v) is 14.3. The van der Waals surface area contributed by atoms with Crippen molar-refractivity contribution in [1.29, 1.82) is 0 Å². The molecule has 0 saturated heterocycles. The fourth-order valence-electron chi connectivity index (χ4n) is 2.20. The molecule has 26 heavy (non-hydrogen) atoms. The summed E-state index contributed by atoms with van der Waals surface area (Å²) in [5.41, 5.74) is 1.23. The molecule has 0 saturated carbocycles. The van der Waals surface area contributed by atoms with E-state index in [4.69, 9.17) is 4.42 Å². The Bertz CT molecular complexity index is 1000. The zero-order chi connectivity index (χ0) is 18.6. The molecule has 0 aliphatic rings. The number of halogens is 1.